The molecular weight excluding hydrogens is 418 g/mol. The molecule has 33 heavy (non-hydrogen) atoms. The Balaban J connectivity index is 1.53. The predicted molar refractivity (Wildman–Crippen MR) is 127 cm³/mol. The second-order valence-electron chi connectivity index (χ2n) is 7.60. The molecule has 1 aromatic heterocycles. The van der Waals surface area contributed by atoms with Gasteiger partial charge in [0.1, 0.15) is 5.75 Å². The number of carbonyl (C=O) groups excluding carboxylic acids is 2. The van der Waals surface area contributed by atoms with E-state index in [-0.39, 0.29) is 12.5 Å². The Hall–Kier alpha value is -3.87. The second kappa shape index (κ2) is 11.1. The first kappa shape index (κ1) is 23.8. The van der Waals surface area contributed by atoms with Gasteiger partial charge in [-0.05, 0) is 56.7 Å². The molecule has 172 valence electrons. The minimum Gasteiger partial charge on any atom is -0.494 e. The number of esters is 1. The largest absolute Gasteiger partial charge is 0.494 e. The van der Waals surface area contributed by atoms with E-state index in [0.717, 1.165) is 34.0 Å². The number of para-hydroxylation sites is 1. The number of aryl methyl sites for hydroxylation is 1. The lowest BCUT2D eigenvalue weighted by atomic mass is 10.2. The number of carbonyl (C=O) groups is 2. The quantitative estimate of drug-likeness (QED) is 0.365. The van der Waals surface area contributed by atoms with Crippen molar-refractivity contribution >= 4 is 18.0 Å². The van der Waals surface area contributed by atoms with Crippen LogP contribution in [0, 0.1) is 13.8 Å². The van der Waals surface area contributed by atoms with Crippen molar-refractivity contribution in [2.45, 2.75) is 27.3 Å². The van der Waals surface area contributed by atoms with Crippen LogP contribution in [0.2, 0.25) is 0 Å². The number of nitrogens with zero attached hydrogens (tertiary/aromatic N) is 3. The Kier molecular flexibility index (Phi) is 8.02. The van der Waals surface area contributed by atoms with E-state index in [1.807, 2.05) is 80.1 Å². The van der Waals surface area contributed by atoms with Crippen LogP contribution < -0.4 is 4.74 Å². The summed E-state index contributed by atoms with van der Waals surface area (Å²) in [5.74, 6) is -0.0743. The van der Waals surface area contributed by atoms with Crippen molar-refractivity contribution in [1.29, 1.82) is 0 Å². The van der Waals surface area contributed by atoms with E-state index < -0.39 is 5.97 Å². The highest BCUT2D eigenvalue weighted by molar-refractivity contribution is 5.89. The van der Waals surface area contributed by atoms with Crippen LogP contribution in [0.5, 0.6) is 5.75 Å². The van der Waals surface area contributed by atoms with Crippen LogP contribution in [0.25, 0.3) is 11.8 Å². The second-order valence-corrected chi connectivity index (χ2v) is 7.60. The van der Waals surface area contributed by atoms with Crippen LogP contribution in [0.3, 0.4) is 0 Å². The highest BCUT2D eigenvalue weighted by atomic mass is 16.5. The number of amides is 1. The van der Waals surface area contributed by atoms with Gasteiger partial charge in [-0.2, -0.15) is 5.10 Å². The SMILES string of the molecule is CCOc1ccc(CN(C)C(=O)COC(=O)/C=C/c2c(C)nn(-c3ccccc3)c2C)cc1. The fraction of sp³-hybridized carbons (Fsp3) is 0.269. The van der Waals surface area contributed by atoms with E-state index >= 15 is 0 Å². The van der Waals surface area contributed by atoms with Crippen molar-refractivity contribution in [2.75, 3.05) is 20.3 Å². The summed E-state index contributed by atoms with van der Waals surface area (Å²) in [6, 6.07) is 17.3. The maximum atomic E-state index is 12.4. The number of hydrogen-bond donors (Lipinski definition) is 0. The third-order valence-electron chi connectivity index (χ3n) is 5.15. The Bertz CT molecular complexity index is 1120. The lowest BCUT2D eigenvalue weighted by Gasteiger charge is -2.17. The number of hydrogen-bond acceptors (Lipinski definition) is 5. The molecule has 0 atom stereocenters. The van der Waals surface area contributed by atoms with E-state index in [4.69, 9.17) is 9.47 Å². The van der Waals surface area contributed by atoms with Gasteiger partial charge >= 0.3 is 5.97 Å². The zero-order valence-corrected chi connectivity index (χ0v) is 19.4. The smallest absolute Gasteiger partial charge is 0.331 e. The summed E-state index contributed by atoms with van der Waals surface area (Å²) in [6.07, 6.45) is 3.00. The molecular formula is C26H29N3O4. The van der Waals surface area contributed by atoms with Crippen LogP contribution in [0.1, 0.15) is 29.4 Å². The van der Waals surface area contributed by atoms with E-state index in [9.17, 15) is 9.59 Å². The molecule has 7 nitrogen and oxygen atoms in total. The number of ether oxygens (including phenoxy) is 2. The average molecular weight is 448 g/mol. The van der Waals surface area contributed by atoms with Gasteiger partial charge in [-0.25, -0.2) is 9.48 Å². The molecule has 0 saturated heterocycles. The molecule has 0 bridgehead atoms. The summed E-state index contributed by atoms with van der Waals surface area (Å²) in [5.41, 5.74) is 4.46. The first-order valence-electron chi connectivity index (χ1n) is 10.8. The molecule has 7 heteroatoms. The fourth-order valence-corrected chi connectivity index (χ4v) is 3.38. The minimum atomic E-state index is -0.580. The van der Waals surface area contributed by atoms with Crippen LogP contribution in [-0.2, 0) is 20.9 Å². The monoisotopic (exact) mass is 447 g/mol. The van der Waals surface area contributed by atoms with Crippen molar-refractivity contribution in [3.8, 4) is 11.4 Å². The average Bonchev–Trinajstić information content (AvgIpc) is 3.11. The Morgan fingerprint density at radius 1 is 1.06 bits per heavy atom. The van der Waals surface area contributed by atoms with Gasteiger partial charge in [0.2, 0.25) is 0 Å². The van der Waals surface area contributed by atoms with Crippen LogP contribution in [0.15, 0.2) is 60.7 Å². The minimum absolute atomic E-state index is 0.283. The zero-order valence-electron chi connectivity index (χ0n) is 19.4. The van der Waals surface area contributed by atoms with Crippen molar-refractivity contribution < 1.29 is 19.1 Å². The van der Waals surface area contributed by atoms with Gasteiger partial charge in [-0.15, -0.1) is 0 Å². The molecule has 0 aliphatic carbocycles. The zero-order chi connectivity index (χ0) is 23.8. The molecule has 2 aromatic carbocycles. The van der Waals surface area contributed by atoms with Gasteiger partial charge in [-0.1, -0.05) is 30.3 Å². The van der Waals surface area contributed by atoms with Crippen LogP contribution in [0.4, 0.5) is 0 Å². The van der Waals surface area contributed by atoms with Crippen molar-refractivity contribution in [1.82, 2.24) is 14.7 Å². The molecule has 0 aliphatic heterocycles. The molecule has 3 aromatic rings. The molecule has 0 saturated carbocycles. The van der Waals surface area contributed by atoms with Gasteiger partial charge in [0.25, 0.3) is 5.91 Å². The maximum Gasteiger partial charge on any atom is 0.331 e. The molecule has 0 unspecified atom stereocenters. The molecule has 1 heterocycles. The number of rotatable bonds is 9. The van der Waals surface area contributed by atoms with E-state index in [2.05, 4.69) is 5.10 Å². The third-order valence-corrected chi connectivity index (χ3v) is 5.15. The molecule has 0 spiro atoms. The first-order valence-corrected chi connectivity index (χ1v) is 10.8. The molecule has 0 N–H and O–H groups in total. The topological polar surface area (TPSA) is 73.7 Å². The highest BCUT2D eigenvalue weighted by Crippen LogP contribution is 2.19. The summed E-state index contributed by atoms with van der Waals surface area (Å²) in [5, 5.41) is 4.56. The van der Waals surface area contributed by atoms with Crippen LogP contribution >= 0.6 is 0 Å². The molecule has 0 radical (unpaired) electrons. The highest BCUT2D eigenvalue weighted by Gasteiger charge is 2.13. The molecule has 1 amide bonds. The normalized spacial score (nSPS) is 10.9. The maximum absolute atomic E-state index is 12.4. The van der Waals surface area contributed by atoms with Crippen LogP contribution in [-0.4, -0.2) is 46.8 Å². The summed E-state index contributed by atoms with van der Waals surface area (Å²) in [7, 11) is 1.67. The molecule has 0 fully saturated rings. The lowest BCUT2D eigenvalue weighted by Crippen LogP contribution is -2.30. The van der Waals surface area contributed by atoms with Gasteiger partial charge in [0, 0.05) is 30.9 Å². The van der Waals surface area contributed by atoms with Gasteiger partial charge in [-0.3, -0.25) is 4.79 Å². The van der Waals surface area contributed by atoms with Crippen molar-refractivity contribution in [2.24, 2.45) is 0 Å². The summed E-state index contributed by atoms with van der Waals surface area (Å²) in [4.78, 5) is 26.0. The standard InChI is InChI=1S/C26H29N3O4/c1-5-32-23-13-11-21(12-14-23)17-28(4)25(30)18-33-26(31)16-15-24-19(2)27-29(20(24)3)22-9-7-6-8-10-22/h6-16H,5,17-18H2,1-4H3/b16-15+. The molecule has 0 aliphatic rings. The first-order chi connectivity index (χ1) is 15.9. The Morgan fingerprint density at radius 2 is 1.76 bits per heavy atom. The Morgan fingerprint density at radius 3 is 2.42 bits per heavy atom. The summed E-state index contributed by atoms with van der Waals surface area (Å²) >= 11 is 0. The van der Waals surface area contributed by atoms with E-state index in [1.165, 1.54) is 11.0 Å². The number of likely N-dealkylation sites (N-methyl/N-ethyl adjacent to an activating group) is 1. The number of aromatic nitrogens is 2. The van der Waals surface area contributed by atoms with E-state index in [0.29, 0.717) is 13.2 Å². The fourth-order valence-electron chi connectivity index (χ4n) is 3.38. The summed E-state index contributed by atoms with van der Waals surface area (Å²) in [6.45, 7) is 6.45. The number of benzene rings is 2. The molecule has 3 rings (SSSR count). The van der Waals surface area contributed by atoms with Gasteiger partial charge in [0.15, 0.2) is 6.61 Å². The lowest BCUT2D eigenvalue weighted by molar-refractivity contribution is -0.147. The predicted octanol–water partition coefficient (Wildman–Crippen LogP) is 4.10. The Labute approximate surface area is 194 Å². The van der Waals surface area contributed by atoms with Gasteiger partial charge in [0.05, 0.1) is 18.0 Å². The van der Waals surface area contributed by atoms with E-state index in [1.54, 1.807) is 13.1 Å². The van der Waals surface area contributed by atoms with Crippen molar-refractivity contribution in [3.05, 3.63) is 83.2 Å². The van der Waals surface area contributed by atoms with Crippen molar-refractivity contribution in [3.63, 3.8) is 0 Å². The third kappa shape index (κ3) is 6.32. The van der Waals surface area contributed by atoms with Gasteiger partial charge < -0.3 is 14.4 Å². The summed E-state index contributed by atoms with van der Waals surface area (Å²) < 4.78 is 12.4.